The quantitative estimate of drug-likeness (QED) is 0.341. The van der Waals surface area contributed by atoms with Crippen molar-refractivity contribution in [2.24, 2.45) is 5.92 Å². The van der Waals surface area contributed by atoms with Crippen LogP contribution >= 0.6 is 0 Å². The van der Waals surface area contributed by atoms with Crippen LogP contribution in [0.5, 0.6) is 5.75 Å². The molecule has 5 amide bonds. The van der Waals surface area contributed by atoms with Gasteiger partial charge in [-0.2, -0.15) is 0 Å². The van der Waals surface area contributed by atoms with E-state index in [1.54, 1.807) is 42.0 Å². The van der Waals surface area contributed by atoms with E-state index in [0.29, 0.717) is 35.8 Å². The van der Waals surface area contributed by atoms with Gasteiger partial charge in [0.1, 0.15) is 5.75 Å². The van der Waals surface area contributed by atoms with E-state index >= 15 is 0 Å². The summed E-state index contributed by atoms with van der Waals surface area (Å²) in [5.74, 6) is -0.105. The van der Waals surface area contributed by atoms with Gasteiger partial charge in [0.25, 0.3) is 5.91 Å². The van der Waals surface area contributed by atoms with E-state index in [4.69, 9.17) is 9.47 Å². The van der Waals surface area contributed by atoms with Gasteiger partial charge in [-0.15, -0.1) is 0 Å². The fourth-order valence-corrected chi connectivity index (χ4v) is 4.99. The number of fused-ring (bicyclic) bond motifs is 1. The van der Waals surface area contributed by atoms with Gasteiger partial charge in [0, 0.05) is 50.1 Å². The van der Waals surface area contributed by atoms with E-state index in [1.807, 2.05) is 58.0 Å². The third-order valence-electron chi connectivity index (χ3n) is 7.55. The number of para-hydroxylation sites is 1. The summed E-state index contributed by atoms with van der Waals surface area (Å²) < 4.78 is 12.6. The molecule has 11 heteroatoms. The first-order chi connectivity index (χ1) is 21.0. The molecule has 0 fully saturated rings. The number of carbonyl (C=O) groups excluding carboxylic acids is 3. The zero-order valence-corrected chi connectivity index (χ0v) is 26.8. The number of amides is 5. The fraction of sp³-hybridized carbons (Fsp3) is 0.545. The van der Waals surface area contributed by atoms with Crippen LogP contribution in [-0.2, 0) is 4.74 Å². The molecule has 0 spiro atoms. The third kappa shape index (κ3) is 10.4. The zero-order chi connectivity index (χ0) is 32.2. The lowest BCUT2D eigenvalue weighted by Crippen LogP contribution is -2.48. The molecule has 242 valence electrons. The van der Waals surface area contributed by atoms with Crippen molar-refractivity contribution in [2.75, 3.05) is 44.0 Å². The summed E-state index contributed by atoms with van der Waals surface area (Å²) in [7, 11) is 1.72. The number of anilines is 2. The number of urea groups is 2. The molecule has 0 unspecified atom stereocenters. The van der Waals surface area contributed by atoms with E-state index < -0.39 is 6.04 Å². The maximum Gasteiger partial charge on any atom is 0.321 e. The van der Waals surface area contributed by atoms with Crippen molar-refractivity contribution >= 4 is 29.3 Å². The molecule has 11 nitrogen and oxygen atoms in total. The Kier molecular flexibility index (Phi) is 13.3. The number of hydrogen-bond donors (Lipinski definition) is 4. The Morgan fingerprint density at radius 2 is 1.77 bits per heavy atom. The average molecular weight is 612 g/mol. The molecule has 0 aromatic heterocycles. The van der Waals surface area contributed by atoms with Crippen LogP contribution in [0.4, 0.5) is 21.0 Å². The zero-order valence-electron chi connectivity index (χ0n) is 26.8. The minimum atomic E-state index is -0.510. The minimum absolute atomic E-state index is 0.0564. The summed E-state index contributed by atoms with van der Waals surface area (Å²) in [4.78, 5) is 42.8. The smallest absolute Gasteiger partial charge is 0.321 e. The van der Waals surface area contributed by atoms with Crippen molar-refractivity contribution < 1.29 is 29.0 Å². The molecule has 3 rings (SSSR count). The van der Waals surface area contributed by atoms with Crippen molar-refractivity contribution in [3.63, 3.8) is 0 Å². The molecular weight excluding hydrogens is 562 g/mol. The molecule has 2 aromatic rings. The number of benzene rings is 2. The maximum absolute atomic E-state index is 14.2. The fourth-order valence-electron chi connectivity index (χ4n) is 4.99. The highest BCUT2D eigenvalue weighted by atomic mass is 16.5. The van der Waals surface area contributed by atoms with Crippen LogP contribution in [0.2, 0.25) is 0 Å². The van der Waals surface area contributed by atoms with E-state index in [2.05, 4.69) is 16.0 Å². The first-order valence-corrected chi connectivity index (χ1v) is 15.5. The Labute approximate surface area is 261 Å². The van der Waals surface area contributed by atoms with Gasteiger partial charge >= 0.3 is 12.1 Å². The van der Waals surface area contributed by atoms with Gasteiger partial charge < -0.3 is 40.3 Å². The number of aliphatic hydroxyl groups excluding tert-OH is 1. The normalized spacial score (nSPS) is 20.5. The van der Waals surface area contributed by atoms with Gasteiger partial charge in [0.05, 0.1) is 30.4 Å². The molecule has 4 N–H and O–H groups in total. The summed E-state index contributed by atoms with van der Waals surface area (Å²) in [5.41, 5.74) is 1.44. The van der Waals surface area contributed by atoms with E-state index in [1.165, 1.54) is 0 Å². The monoisotopic (exact) mass is 611 g/mol. The number of ether oxygens (including phenoxy) is 2. The highest BCUT2D eigenvalue weighted by Crippen LogP contribution is 2.28. The van der Waals surface area contributed by atoms with Gasteiger partial charge in [0.15, 0.2) is 0 Å². The lowest BCUT2D eigenvalue weighted by molar-refractivity contribution is -0.0115. The summed E-state index contributed by atoms with van der Waals surface area (Å²) in [6.07, 6.45) is 1.89. The first-order valence-electron chi connectivity index (χ1n) is 15.5. The standard InChI is InChI=1S/C33H49N5O6/c1-22(2)34-32(41)35-27-15-16-29-28(18-27)31(40)38(24(4)21-39)19-23(3)30(43-17-11-10-12-25(5)44-29)20-37(6)33(42)36-26-13-8-7-9-14-26/h7-9,13-16,18,22-25,30,39H,10-12,17,19-21H2,1-6H3,(H,36,42)(H2,34,35,41)/t23-,24+,25-,30+/m0/s1. The van der Waals surface area contributed by atoms with Gasteiger partial charge in [-0.1, -0.05) is 25.1 Å². The second-order valence-electron chi connectivity index (χ2n) is 11.9. The molecular formula is C33H49N5O6. The Bertz CT molecular complexity index is 1230. The number of aliphatic hydroxyl groups is 1. The van der Waals surface area contributed by atoms with Crippen molar-refractivity contribution in [2.45, 2.75) is 78.2 Å². The maximum atomic E-state index is 14.2. The van der Waals surface area contributed by atoms with Crippen molar-refractivity contribution in [1.82, 2.24) is 15.1 Å². The summed E-state index contributed by atoms with van der Waals surface area (Å²) in [5, 5.41) is 18.6. The molecule has 0 radical (unpaired) electrons. The molecule has 0 saturated carbocycles. The van der Waals surface area contributed by atoms with Crippen LogP contribution < -0.4 is 20.7 Å². The third-order valence-corrected chi connectivity index (χ3v) is 7.55. The molecule has 0 aliphatic carbocycles. The Balaban J connectivity index is 1.89. The number of rotatable bonds is 7. The topological polar surface area (TPSA) is 132 Å². The summed E-state index contributed by atoms with van der Waals surface area (Å²) >= 11 is 0. The van der Waals surface area contributed by atoms with Crippen LogP contribution in [0.25, 0.3) is 0 Å². The van der Waals surface area contributed by atoms with Crippen molar-refractivity contribution in [3.8, 4) is 5.75 Å². The van der Waals surface area contributed by atoms with Gasteiger partial charge in [-0.3, -0.25) is 4.79 Å². The Morgan fingerprint density at radius 3 is 2.45 bits per heavy atom. The van der Waals surface area contributed by atoms with Crippen molar-refractivity contribution in [3.05, 3.63) is 54.1 Å². The van der Waals surface area contributed by atoms with E-state index in [0.717, 1.165) is 19.3 Å². The van der Waals surface area contributed by atoms with Gasteiger partial charge in [0.2, 0.25) is 0 Å². The molecule has 1 aliphatic rings. The SMILES string of the molecule is CC(C)NC(=O)Nc1ccc2c(c1)C(=O)N([C@H](C)CO)C[C@H](C)[C@@H](CN(C)C(=O)Nc1ccccc1)OCCCC[C@H](C)O2. The predicted molar refractivity (Wildman–Crippen MR) is 172 cm³/mol. The van der Waals surface area contributed by atoms with E-state index in [9.17, 15) is 19.5 Å². The molecule has 1 heterocycles. The van der Waals surface area contributed by atoms with Crippen LogP contribution in [0, 0.1) is 5.92 Å². The van der Waals surface area contributed by atoms with Crippen LogP contribution in [-0.4, -0.2) is 90.5 Å². The average Bonchev–Trinajstić information content (AvgIpc) is 2.98. The lowest BCUT2D eigenvalue weighted by Gasteiger charge is -2.35. The number of nitrogens with one attached hydrogen (secondary N) is 3. The van der Waals surface area contributed by atoms with Gasteiger partial charge in [-0.25, -0.2) is 9.59 Å². The lowest BCUT2D eigenvalue weighted by atomic mass is 10.0. The van der Waals surface area contributed by atoms with Crippen LogP contribution in [0.3, 0.4) is 0 Å². The number of hydrogen-bond acceptors (Lipinski definition) is 6. The second kappa shape index (κ2) is 16.9. The van der Waals surface area contributed by atoms with Crippen LogP contribution in [0.1, 0.15) is 64.2 Å². The molecule has 0 saturated heterocycles. The predicted octanol–water partition coefficient (Wildman–Crippen LogP) is 5.18. The van der Waals surface area contributed by atoms with E-state index in [-0.39, 0.29) is 55.3 Å². The number of nitrogens with zero attached hydrogens (tertiary/aromatic N) is 2. The highest BCUT2D eigenvalue weighted by Gasteiger charge is 2.31. The summed E-state index contributed by atoms with van der Waals surface area (Å²) in [6.45, 7) is 10.3. The Hall–Kier alpha value is -3.83. The molecule has 2 aromatic carbocycles. The molecule has 4 atom stereocenters. The number of carbonyl (C=O) groups is 3. The largest absolute Gasteiger partial charge is 0.490 e. The number of likely N-dealkylation sites (N-methyl/N-ethyl adjacent to an activating group) is 1. The Morgan fingerprint density at radius 1 is 1.05 bits per heavy atom. The highest BCUT2D eigenvalue weighted by molar-refractivity contribution is 5.99. The molecule has 0 bridgehead atoms. The second-order valence-corrected chi connectivity index (χ2v) is 11.9. The molecule has 1 aliphatic heterocycles. The molecule has 44 heavy (non-hydrogen) atoms. The van der Waals surface area contributed by atoms with Crippen molar-refractivity contribution in [1.29, 1.82) is 0 Å². The van der Waals surface area contributed by atoms with Crippen LogP contribution in [0.15, 0.2) is 48.5 Å². The summed E-state index contributed by atoms with van der Waals surface area (Å²) in [6, 6.07) is 13.1. The van der Waals surface area contributed by atoms with Gasteiger partial charge in [-0.05, 0) is 77.3 Å². The first kappa shape index (κ1) is 34.7. The minimum Gasteiger partial charge on any atom is -0.490 e.